The van der Waals surface area contributed by atoms with Gasteiger partial charge in [0.25, 0.3) is 0 Å². The van der Waals surface area contributed by atoms with Crippen molar-refractivity contribution in [2.24, 2.45) is 5.41 Å². The van der Waals surface area contributed by atoms with Gasteiger partial charge >= 0.3 is 5.97 Å². The normalized spacial score (nSPS) is 31.5. The molecular formula is C6H7NO3. The van der Waals surface area contributed by atoms with Crippen LogP contribution in [0.3, 0.4) is 0 Å². The molecule has 0 aromatic rings. The van der Waals surface area contributed by atoms with Gasteiger partial charge in [-0.2, -0.15) is 5.26 Å². The number of hydrogen-bond acceptors (Lipinski definition) is 3. The summed E-state index contributed by atoms with van der Waals surface area (Å²) in [6.07, 6.45) is 0.304. The molecule has 1 saturated heterocycles. The summed E-state index contributed by atoms with van der Waals surface area (Å²) in [7, 11) is 0. The van der Waals surface area contributed by atoms with Crippen molar-refractivity contribution in [2.75, 3.05) is 13.2 Å². The van der Waals surface area contributed by atoms with Gasteiger partial charge in [0, 0.05) is 13.0 Å². The van der Waals surface area contributed by atoms with E-state index >= 15 is 0 Å². The molecule has 54 valence electrons. The lowest BCUT2D eigenvalue weighted by Gasteiger charge is -2.09. The summed E-state index contributed by atoms with van der Waals surface area (Å²) in [6, 6.07) is 1.75. The second kappa shape index (κ2) is 2.27. The monoisotopic (exact) mass is 141 g/mol. The van der Waals surface area contributed by atoms with Crippen LogP contribution >= 0.6 is 0 Å². The van der Waals surface area contributed by atoms with Crippen molar-refractivity contribution >= 4 is 5.97 Å². The zero-order chi connectivity index (χ0) is 7.61. The molecular weight excluding hydrogens is 134 g/mol. The quantitative estimate of drug-likeness (QED) is 0.558. The summed E-state index contributed by atoms with van der Waals surface area (Å²) in [5.41, 5.74) is -1.26. The van der Waals surface area contributed by atoms with Gasteiger partial charge in [-0.05, 0) is 0 Å². The predicted octanol–water partition coefficient (Wildman–Crippen LogP) is 0.00128. The maximum absolute atomic E-state index is 10.5. The second-order valence-corrected chi connectivity index (χ2v) is 2.30. The zero-order valence-electron chi connectivity index (χ0n) is 5.33. The molecule has 0 radical (unpaired) electrons. The largest absolute Gasteiger partial charge is 0.480 e. The fraction of sp³-hybridized carbons (Fsp3) is 0.667. The Morgan fingerprint density at radius 1 is 1.80 bits per heavy atom. The fourth-order valence-electron chi connectivity index (χ4n) is 0.870. The molecule has 0 amide bonds. The Balaban J connectivity index is 2.80. The van der Waals surface area contributed by atoms with Crippen molar-refractivity contribution in [2.45, 2.75) is 6.42 Å². The van der Waals surface area contributed by atoms with Gasteiger partial charge in [-0.15, -0.1) is 0 Å². The van der Waals surface area contributed by atoms with Crippen LogP contribution in [0.5, 0.6) is 0 Å². The number of hydrogen-bond donors (Lipinski definition) is 1. The number of aliphatic carboxylic acids is 1. The van der Waals surface area contributed by atoms with Gasteiger partial charge in [-0.1, -0.05) is 0 Å². The summed E-state index contributed by atoms with van der Waals surface area (Å²) < 4.78 is 4.81. The summed E-state index contributed by atoms with van der Waals surface area (Å²) in [4.78, 5) is 10.5. The Morgan fingerprint density at radius 3 is 2.70 bits per heavy atom. The molecule has 1 aliphatic rings. The van der Waals surface area contributed by atoms with E-state index in [0.717, 1.165) is 0 Å². The molecule has 1 unspecified atom stereocenters. The maximum atomic E-state index is 10.5. The van der Waals surface area contributed by atoms with Gasteiger partial charge in [0.05, 0.1) is 12.7 Å². The van der Waals surface area contributed by atoms with Crippen LogP contribution in [0.25, 0.3) is 0 Å². The van der Waals surface area contributed by atoms with E-state index in [0.29, 0.717) is 13.0 Å². The van der Waals surface area contributed by atoms with E-state index < -0.39 is 11.4 Å². The van der Waals surface area contributed by atoms with Crippen molar-refractivity contribution in [3.05, 3.63) is 0 Å². The van der Waals surface area contributed by atoms with Gasteiger partial charge in [-0.25, -0.2) is 0 Å². The van der Waals surface area contributed by atoms with E-state index in [4.69, 9.17) is 15.1 Å². The average Bonchev–Trinajstić information content (AvgIpc) is 2.35. The van der Waals surface area contributed by atoms with Crippen molar-refractivity contribution in [1.82, 2.24) is 0 Å². The van der Waals surface area contributed by atoms with Gasteiger partial charge < -0.3 is 9.84 Å². The Bertz CT molecular complexity index is 188. The van der Waals surface area contributed by atoms with E-state index in [2.05, 4.69) is 0 Å². The van der Waals surface area contributed by atoms with Crippen LogP contribution in [0.2, 0.25) is 0 Å². The molecule has 1 fully saturated rings. The summed E-state index contributed by atoms with van der Waals surface area (Å²) in [6.45, 7) is 0.401. The standard InChI is InChI=1S/C6H7NO3/c7-3-6(5(8)9)1-2-10-4-6/h1-2,4H2,(H,8,9). The van der Waals surface area contributed by atoms with Crippen LogP contribution < -0.4 is 0 Å². The minimum Gasteiger partial charge on any atom is -0.480 e. The number of nitrogens with zero attached hydrogens (tertiary/aromatic N) is 1. The van der Waals surface area contributed by atoms with Crippen LogP contribution in [0, 0.1) is 16.7 Å². The average molecular weight is 141 g/mol. The minimum absolute atomic E-state index is 0.0266. The van der Waals surface area contributed by atoms with Crippen molar-refractivity contribution in [3.63, 3.8) is 0 Å². The molecule has 0 bridgehead atoms. The lowest BCUT2D eigenvalue weighted by molar-refractivity contribution is -0.145. The highest BCUT2D eigenvalue weighted by Crippen LogP contribution is 2.27. The molecule has 0 aromatic carbocycles. The molecule has 0 aliphatic carbocycles. The third kappa shape index (κ3) is 0.847. The van der Waals surface area contributed by atoms with E-state index in [1.54, 1.807) is 6.07 Å². The lowest BCUT2D eigenvalue weighted by atomic mass is 9.90. The molecule has 4 heteroatoms. The maximum Gasteiger partial charge on any atom is 0.326 e. The van der Waals surface area contributed by atoms with E-state index in [1.165, 1.54) is 0 Å². The number of ether oxygens (including phenoxy) is 1. The summed E-state index contributed by atoms with van der Waals surface area (Å²) >= 11 is 0. The van der Waals surface area contributed by atoms with Crippen molar-refractivity contribution in [1.29, 1.82) is 5.26 Å². The predicted molar refractivity (Wildman–Crippen MR) is 31.1 cm³/mol. The Labute approximate surface area is 58.0 Å². The Hall–Kier alpha value is -1.08. The number of carboxylic acids is 1. The highest BCUT2D eigenvalue weighted by molar-refractivity contribution is 5.78. The van der Waals surface area contributed by atoms with Crippen molar-refractivity contribution < 1.29 is 14.6 Å². The summed E-state index contributed by atoms with van der Waals surface area (Å²) in [5, 5.41) is 17.0. The Kier molecular flexibility index (Phi) is 1.60. The first kappa shape index (κ1) is 7.03. The lowest BCUT2D eigenvalue weighted by Crippen LogP contribution is -2.29. The number of carbonyl (C=O) groups is 1. The third-order valence-corrected chi connectivity index (χ3v) is 1.65. The molecule has 1 aliphatic heterocycles. The van der Waals surface area contributed by atoms with Gasteiger partial charge in [-0.3, -0.25) is 4.79 Å². The molecule has 0 saturated carbocycles. The number of nitriles is 1. The highest BCUT2D eigenvalue weighted by Gasteiger charge is 2.42. The fourth-order valence-corrected chi connectivity index (χ4v) is 0.870. The second-order valence-electron chi connectivity index (χ2n) is 2.30. The summed E-state index contributed by atoms with van der Waals surface area (Å²) in [5.74, 6) is -1.08. The highest BCUT2D eigenvalue weighted by atomic mass is 16.5. The first-order valence-corrected chi connectivity index (χ1v) is 2.94. The minimum atomic E-state index is -1.26. The van der Waals surface area contributed by atoms with E-state index in [9.17, 15) is 4.79 Å². The zero-order valence-corrected chi connectivity index (χ0v) is 5.33. The molecule has 4 nitrogen and oxygen atoms in total. The first-order valence-electron chi connectivity index (χ1n) is 2.94. The number of carboxylic acid groups (broad SMARTS) is 1. The molecule has 10 heavy (non-hydrogen) atoms. The van der Waals surface area contributed by atoms with Gasteiger partial charge in [0.2, 0.25) is 0 Å². The molecule has 0 spiro atoms. The van der Waals surface area contributed by atoms with E-state index in [-0.39, 0.29) is 6.61 Å². The molecule has 1 atom stereocenters. The van der Waals surface area contributed by atoms with Crippen LogP contribution in [-0.4, -0.2) is 24.3 Å². The molecule has 1 rings (SSSR count). The smallest absolute Gasteiger partial charge is 0.326 e. The van der Waals surface area contributed by atoms with Crippen LogP contribution in [0.4, 0.5) is 0 Å². The molecule has 1 N–H and O–H groups in total. The van der Waals surface area contributed by atoms with Crippen LogP contribution in [0.15, 0.2) is 0 Å². The Morgan fingerprint density at radius 2 is 2.50 bits per heavy atom. The SMILES string of the molecule is N#CC1(C(=O)O)CCOC1. The molecule has 0 aromatic heterocycles. The van der Waals surface area contributed by atoms with Crippen LogP contribution in [0.1, 0.15) is 6.42 Å². The topological polar surface area (TPSA) is 70.3 Å². The van der Waals surface area contributed by atoms with Crippen LogP contribution in [-0.2, 0) is 9.53 Å². The number of rotatable bonds is 1. The van der Waals surface area contributed by atoms with Gasteiger partial charge in [0.1, 0.15) is 0 Å². The van der Waals surface area contributed by atoms with E-state index in [1.807, 2.05) is 0 Å². The van der Waals surface area contributed by atoms with Gasteiger partial charge in [0.15, 0.2) is 5.41 Å². The molecule has 1 heterocycles. The third-order valence-electron chi connectivity index (χ3n) is 1.65. The van der Waals surface area contributed by atoms with Crippen molar-refractivity contribution in [3.8, 4) is 6.07 Å². The first-order chi connectivity index (χ1) is 4.71.